The second-order valence-electron chi connectivity index (χ2n) is 5.20. The summed E-state index contributed by atoms with van der Waals surface area (Å²) in [4.78, 5) is 8.12. The van der Waals surface area contributed by atoms with E-state index in [1.54, 1.807) is 0 Å². The van der Waals surface area contributed by atoms with Crippen LogP contribution in [0.3, 0.4) is 0 Å². The summed E-state index contributed by atoms with van der Waals surface area (Å²) in [5, 5.41) is 0.458. The molecule has 0 atom stereocenters. The molecular formula is C13H13F3N2. The maximum Gasteiger partial charge on any atom is 0.416 e. The van der Waals surface area contributed by atoms with Crippen molar-refractivity contribution >= 4 is 10.9 Å². The monoisotopic (exact) mass is 254 g/mol. The average molecular weight is 254 g/mol. The van der Waals surface area contributed by atoms with E-state index < -0.39 is 11.7 Å². The fourth-order valence-corrected chi connectivity index (χ4v) is 1.83. The zero-order valence-corrected chi connectivity index (χ0v) is 10.3. The fraction of sp³-hybridized carbons (Fsp3) is 0.385. The molecule has 0 radical (unpaired) electrons. The van der Waals surface area contributed by atoms with Crippen LogP contribution in [0.4, 0.5) is 13.2 Å². The minimum atomic E-state index is -4.35. The van der Waals surface area contributed by atoms with Crippen molar-refractivity contribution in [1.29, 1.82) is 0 Å². The molecule has 0 bridgehead atoms. The normalized spacial score (nSPS) is 13.0. The average Bonchev–Trinajstić information content (AvgIpc) is 2.25. The standard InChI is InChI=1S/C13H13F3N2/c1-12(2,3)11-9-6-8(13(14,15)16)4-5-10(9)17-7-18-11/h4-7H,1-3H3. The minimum absolute atomic E-state index is 0.328. The van der Waals surface area contributed by atoms with Gasteiger partial charge in [0.15, 0.2) is 0 Å². The lowest BCUT2D eigenvalue weighted by atomic mass is 9.89. The fourth-order valence-electron chi connectivity index (χ4n) is 1.83. The van der Waals surface area contributed by atoms with E-state index in [9.17, 15) is 13.2 Å². The van der Waals surface area contributed by atoms with Crippen LogP contribution in [-0.2, 0) is 11.6 Å². The molecule has 1 heterocycles. The minimum Gasteiger partial charge on any atom is -0.240 e. The highest BCUT2D eigenvalue weighted by molar-refractivity contribution is 5.82. The van der Waals surface area contributed by atoms with Crippen molar-refractivity contribution < 1.29 is 13.2 Å². The molecule has 1 aromatic carbocycles. The number of alkyl halides is 3. The van der Waals surface area contributed by atoms with E-state index in [1.165, 1.54) is 12.4 Å². The molecule has 0 saturated heterocycles. The molecule has 0 N–H and O–H groups in total. The molecule has 2 nitrogen and oxygen atoms in total. The molecule has 18 heavy (non-hydrogen) atoms. The molecular weight excluding hydrogens is 241 g/mol. The quantitative estimate of drug-likeness (QED) is 0.711. The summed E-state index contributed by atoms with van der Waals surface area (Å²) in [6.07, 6.45) is -2.96. The summed E-state index contributed by atoms with van der Waals surface area (Å²) in [6, 6.07) is 3.55. The molecule has 2 rings (SSSR count). The van der Waals surface area contributed by atoms with E-state index in [2.05, 4.69) is 9.97 Å². The van der Waals surface area contributed by atoms with E-state index in [0.29, 0.717) is 16.6 Å². The van der Waals surface area contributed by atoms with Crippen molar-refractivity contribution in [1.82, 2.24) is 9.97 Å². The lowest BCUT2D eigenvalue weighted by Gasteiger charge is -2.20. The smallest absolute Gasteiger partial charge is 0.240 e. The van der Waals surface area contributed by atoms with Crippen LogP contribution in [0.15, 0.2) is 24.5 Å². The highest BCUT2D eigenvalue weighted by atomic mass is 19.4. The predicted molar refractivity (Wildman–Crippen MR) is 63.2 cm³/mol. The number of fused-ring (bicyclic) bond motifs is 1. The SMILES string of the molecule is CC(C)(C)c1ncnc2ccc(C(F)(F)F)cc12. The first-order chi connectivity index (χ1) is 8.19. The summed E-state index contributed by atoms with van der Waals surface area (Å²) in [5.41, 5.74) is 0.155. The van der Waals surface area contributed by atoms with Crippen molar-refractivity contribution in [2.45, 2.75) is 32.4 Å². The van der Waals surface area contributed by atoms with Crippen molar-refractivity contribution in [3.8, 4) is 0 Å². The first-order valence-corrected chi connectivity index (χ1v) is 5.52. The molecule has 0 fully saturated rings. The molecule has 0 aliphatic rings. The van der Waals surface area contributed by atoms with Gasteiger partial charge in [-0.05, 0) is 18.2 Å². The zero-order valence-electron chi connectivity index (χ0n) is 10.3. The molecule has 0 aliphatic carbocycles. The van der Waals surface area contributed by atoms with Crippen LogP contribution in [0.2, 0.25) is 0 Å². The summed E-state index contributed by atoms with van der Waals surface area (Å²) in [7, 11) is 0. The van der Waals surface area contributed by atoms with Gasteiger partial charge in [-0.2, -0.15) is 13.2 Å². The number of halogens is 3. The van der Waals surface area contributed by atoms with Crippen LogP contribution in [-0.4, -0.2) is 9.97 Å². The van der Waals surface area contributed by atoms with Gasteiger partial charge in [0.1, 0.15) is 6.33 Å². The molecule has 2 aromatic rings. The highest BCUT2D eigenvalue weighted by Gasteiger charge is 2.31. The largest absolute Gasteiger partial charge is 0.416 e. The van der Waals surface area contributed by atoms with Gasteiger partial charge < -0.3 is 0 Å². The van der Waals surface area contributed by atoms with E-state index in [4.69, 9.17) is 0 Å². The Hall–Kier alpha value is -1.65. The molecule has 0 unspecified atom stereocenters. The second-order valence-corrected chi connectivity index (χ2v) is 5.20. The number of aromatic nitrogens is 2. The number of hydrogen-bond acceptors (Lipinski definition) is 2. The van der Waals surface area contributed by atoms with Gasteiger partial charge in [-0.1, -0.05) is 20.8 Å². The topological polar surface area (TPSA) is 25.8 Å². The van der Waals surface area contributed by atoms with E-state index >= 15 is 0 Å². The number of rotatable bonds is 0. The van der Waals surface area contributed by atoms with Gasteiger partial charge in [0, 0.05) is 10.8 Å². The molecule has 0 amide bonds. The van der Waals surface area contributed by atoms with E-state index in [1.807, 2.05) is 20.8 Å². The maximum atomic E-state index is 12.7. The van der Waals surface area contributed by atoms with Crippen molar-refractivity contribution in [2.24, 2.45) is 0 Å². The Morgan fingerprint density at radius 1 is 1.00 bits per heavy atom. The Morgan fingerprint density at radius 3 is 2.22 bits per heavy atom. The first-order valence-electron chi connectivity index (χ1n) is 5.52. The van der Waals surface area contributed by atoms with E-state index in [0.717, 1.165) is 12.1 Å². The molecule has 0 aliphatic heterocycles. The Kier molecular flexibility index (Phi) is 2.80. The third-order valence-corrected chi connectivity index (χ3v) is 2.67. The van der Waals surface area contributed by atoms with Gasteiger partial charge in [0.25, 0.3) is 0 Å². The summed E-state index contributed by atoms with van der Waals surface area (Å²) < 4.78 is 38.1. The lowest BCUT2D eigenvalue weighted by Crippen LogP contribution is -2.15. The summed E-state index contributed by atoms with van der Waals surface area (Å²) >= 11 is 0. The van der Waals surface area contributed by atoms with Crippen LogP contribution in [0.25, 0.3) is 10.9 Å². The van der Waals surface area contributed by atoms with Crippen molar-refractivity contribution in [2.75, 3.05) is 0 Å². The lowest BCUT2D eigenvalue weighted by molar-refractivity contribution is -0.137. The number of nitrogens with zero attached hydrogens (tertiary/aromatic N) is 2. The van der Waals surface area contributed by atoms with Gasteiger partial charge in [0.2, 0.25) is 0 Å². The molecule has 0 spiro atoms. The van der Waals surface area contributed by atoms with Crippen LogP contribution >= 0.6 is 0 Å². The number of hydrogen-bond donors (Lipinski definition) is 0. The maximum absolute atomic E-state index is 12.7. The van der Waals surface area contributed by atoms with Crippen molar-refractivity contribution in [3.63, 3.8) is 0 Å². The zero-order chi connectivity index (χ0) is 13.6. The molecule has 96 valence electrons. The molecule has 1 aromatic heterocycles. The van der Waals surface area contributed by atoms with E-state index in [-0.39, 0.29) is 5.41 Å². The Bertz CT molecular complexity index is 583. The van der Waals surface area contributed by atoms with Crippen LogP contribution in [0.5, 0.6) is 0 Å². The van der Waals surface area contributed by atoms with Gasteiger partial charge in [-0.3, -0.25) is 0 Å². The van der Waals surface area contributed by atoms with Gasteiger partial charge >= 0.3 is 6.18 Å². The summed E-state index contributed by atoms with van der Waals surface area (Å²) in [5.74, 6) is 0. The number of benzene rings is 1. The third-order valence-electron chi connectivity index (χ3n) is 2.67. The molecule has 0 saturated carbocycles. The Labute approximate surface area is 103 Å². The predicted octanol–water partition coefficient (Wildman–Crippen LogP) is 3.95. The Morgan fingerprint density at radius 2 is 1.67 bits per heavy atom. The van der Waals surface area contributed by atoms with Crippen LogP contribution in [0, 0.1) is 0 Å². The van der Waals surface area contributed by atoms with Gasteiger partial charge in [-0.15, -0.1) is 0 Å². The van der Waals surface area contributed by atoms with Crippen LogP contribution < -0.4 is 0 Å². The third kappa shape index (κ3) is 2.30. The van der Waals surface area contributed by atoms with Gasteiger partial charge in [-0.25, -0.2) is 9.97 Å². The van der Waals surface area contributed by atoms with Crippen molar-refractivity contribution in [3.05, 3.63) is 35.8 Å². The highest BCUT2D eigenvalue weighted by Crippen LogP contribution is 2.33. The molecule has 5 heteroatoms. The first kappa shape index (κ1) is 12.8. The Balaban J connectivity index is 2.74. The van der Waals surface area contributed by atoms with Crippen LogP contribution in [0.1, 0.15) is 32.0 Å². The van der Waals surface area contributed by atoms with Gasteiger partial charge in [0.05, 0.1) is 16.8 Å². The second kappa shape index (κ2) is 3.93. The summed E-state index contributed by atoms with van der Waals surface area (Å²) in [6.45, 7) is 5.74.